The van der Waals surface area contributed by atoms with Gasteiger partial charge in [0.1, 0.15) is 0 Å². The molecule has 8 heteroatoms. The molecule has 1 aromatic rings. The molecule has 0 radical (unpaired) electrons. The lowest BCUT2D eigenvalue weighted by molar-refractivity contribution is -0.384. The van der Waals surface area contributed by atoms with E-state index in [-0.39, 0.29) is 18.0 Å². The topological polar surface area (TPSA) is 110 Å². The number of hydrogen-bond donors (Lipinski definition) is 2. The molecule has 0 saturated heterocycles. The van der Waals surface area contributed by atoms with Crippen LogP contribution in [0.2, 0.25) is 0 Å². The van der Waals surface area contributed by atoms with Crippen LogP contribution in [-0.4, -0.2) is 30.6 Å². The third-order valence-corrected chi connectivity index (χ3v) is 4.87. The summed E-state index contributed by atoms with van der Waals surface area (Å²) in [6.07, 6.45) is 0.871. The van der Waals surface area contributed by atoms with Crippen molar-refractivity contribution in [1.82, 2.24) is 4.72 Å². The molecule has 1 aromatic carbocycles. The van der Waals surface area contributed by atoms with Crippen molar-refractivity contribution in [2.24, 2.45) is 0 Å². The van der Waals surface area contributed by atoms with Crippen LogP contribution in [0.25, 0.3) is 0 Å². The molecule has 0 fully saturated rings. The zero-order valence-electron chi connectivity index (χ0n) is 12.1. The molecule has 2 N–H and O–H groups in total. The molecule has 0 bridgehead atoms. The molecule has 7 nitrogen and oxygen atoms in total. The van der Waals surface area contributed by atoms with Crippen molar-refractivity contribution < 1.29 is 18.4 Å². The van der Waals surface area contributed by atoms with E-state index < -0.39 is 20.5 Å². The summed E-state index contributed by atoms with van der Waals surface area (Å²) in [5.74, 6) is -0.258. The van der Waals surface area contributed by atoms with Gasteiger partial charge < -0.3 is 5.11 Å². The molecule has 0 aromatic heterocycles. The van der Waals surface area contributed by atoms with E-state index >= 15 is 0 Å². The van der Waals surface area contributed by atoms with Gasteiger partial charge in [0.05, 0.1) is 10.7 Å². The van der Waals surface area contributed by atoms with Crippen LogP contribution in [0.1, 0.15) is 32.3 Å². The van der Waals surface area contributed by atoms with Gasteiger partial charge in [-0.15, -0.1) is 0 Å². The number of hydrogen-bond acceptors (Lipinski definition) is 5. The Morgan fingerprint density at radius 2 is 1.90 bits per heavy atom. The smallest absolute Gasteiger partial charge is 0.269 e. The third kappa shape index (κ3) is 5.41. The summed E-state index contributed by atoms with van der Waals surface area (Å²) in [7, 11) is -3.59. The first-order valence-corrected chi connectivity index (χ1v) is 8.22. The summed E-state index contributed by atoms with van der Waals surface area (Å²) in [6, 6.07) is 5.40. The molecule has 0 aliphatic rings. The predicted octanol–water partition coefficient (Wildman–Crippen LogP) is 1.57. The van der Waals surface area contributed by atoms with E-state index in [1.165, 1.54) is 24.3 Å². The van der Waals surface area contributed by atoms with Gasteiger partial charge in [0.25, 0.3) is 5.69 Å². The molecule has 21 heavy (non-hydrogen) atoms. The molecule has 0 aliphatic heterocycles. The van der Waals surface area contributed by atoms with Gasteiger partial charge in [0.2, 0.25) is 10.0 Å². The number of aliphatic hydroxyl groups excluding tert-OH is 1. The first-order valence-electron chi connectivity index (χ1n) is 6.57. The van der Waals surface area contributed by atoms with Crippen LogP contribution in [0.4, 0.5) is 5.69 Å². The SMILES string of the molecule is CCC(C)(CCO)NS(=O)(=O)Cc1ccc([N+](=O)[O-])cc1. The Hall–Kier alpha value is -1.51. The number of sulfonamides is 1. The van der Waals surface area contributed by atoms with Crippen LogP contribution < -0.4 is 4.72 Å². The average molecular weight is 316 g/mol. The van der Waals surface area contributed by atoms with Crippen molar-refractivity contribution in [3.63, 3.8) is 0 Å². The number of rotatable bonds is 8. The summed E-state index contributed by atoms with van der Waals surface area (Å²) in [5, 5.41) is 19.6. The van der Waals surface area contributed by atoms with Crippen molar-refractivity contribution in [2.75, 3.05) is 6.61 Å². The van der Waals surface area contributed by atoms with E-state index in [1.807, 2.05) is 6.92 Å². The van der Waals surface area contributed by atoms with Crippen molar-refractivity contribution in [1.29, 1.82) is 0 Å². The summed E-state index contributed by atoms with van der Waals surface area (Å²) >= 11 is 0. The normalized spacial score (nSPS) is 14.6. The highest BCUT2D eigenvalue weighted by molar-refractivity contribution is 7.88. The number of non-ortho nitro benzene ring substituents is 1. The molecule has 0 spiro atoms. The summed E-state index contributed by atoms with van der Waals surface area (Å²) in [5.41, 5.74) is -0.313. The van der Waals surface area contributed by atoms with Crippen molar-refractivity contribution in [3.8, 4) is 0 Å². The summed E-state index contributed by atoms with van der Waals surface area (Å²) in [4.78, 5) is 10.0. The molecule has 1 rings (SSSR count). The molecule has 1 atom stereocenters. The molecule has 0 aliphatic carbocycles. The van der Waals surface area contributed by atoms with Crippen LogP contribution in [0.15, 0.2) is 24.3 Å². The van der Waals surface area contributed by atoms with Crippen LogP contribution in [0.3, 0.4) is 0 Å². The van der Waals surface area contributed by atoms with E-state index in [1.54, 1.807) is 6.92 Å². The van der Waals surface area contributed by atoms with Crippen LogP contribution in [0.5, 0.6) is 0 Å². The fraction of sp³-hybridized carbons (Fsp3) is 0.538. The Balaban J connectivity index is 2.82. The largest absolute Gasteiger partial charge is 0.396 e. The van der Waals surface area contributed by atoms with Crippen molar-refractivity contribution in [2.45, 2.75) is 38.0 Å². The number of nitro groups is 1. The molecular formula is C13H20N2O5S. The minimum Gasteiger partial charge on any atom is -0.396 e. The zero-order valence-corrected chi connectivity index (χ0v) is 12.9. The Morgan fingerprint density at radius 3 is 2.33 bits per heavy atom. The summed E-state index contributed by atoms with van der Waals surface area (Å²) < 4.78 is 26.9. The van der Waals surface area contributed by atoms with Gasteiger partial charge in [-0.3, -0.25) is 10.1 Å². The maximum Gasteiger partial charge on any atom is 0.269 e. The van der Waals surface area contributed by atoms with E-state index in [2.05, 4.69) is 4.72 Å². The lowest BCUT2D eigenvalue weighted by atomic mass is 9.97. The lowest BCUT2D eigenvalue weighted by Gasteiger charge is -2.28. The van der Waals surface area contributed by atoms with E-state index in [0.717, 1.165) is 0 Å². The quantitative estimate of drug-likeness (QED) is 0.559. The zero-order chi connectivity index (χ0) is 16.1. The number of nitro benzene ring substituents is 1. The van der Waals surface area contributed by atoms with Gasteiger partial charge in [0.15, 0.2) is 0 Å². The minimum absolute atomic E-state index is 0.0808. The van der Waals surface area contributed by atoms with Crippen LogP contribution >= 0.6 is 0 Å². The fourth-order valence-corrected chi connectivity index (χ4v) is 3.59. The summed E-state index contributed by atoms with van der Waals surface area (Å²) in [6.45, 7) is 3.46. The van der Waals surface area contributed by atoms with Gasteiger partial charge in [-0.25, -0.2) is 13.1 Å². The van der Waals surface area contributed by atoms with Gasteiger partial charge >= 0.3 is 0 Å². The first-order chi connectivity index (χ1) is 9.71. The predicted molar refractivity (Wildman–Crippen MR) is 79.3 cm³/mol. The van der Waals surface area contributed by atoms with Gasteiger partial charge in [0, 0.05) is 24.3 Å². The first kappa shape index (κ1) is 17.5. The molecule has 1 unspecified atom stereocenters. The maximum absolute atomic E-state index is 12.1. The van der Waals surface area contributed by atoms with Crippen LogP contribution in [0, 0.1) is 10.1 Å². The van der Waals surface area contributed by atoms with Gasteiger partial charge in [-0.1, -0.05) is 19.1 Å². The highest BCUT2D eigenvalue weighted by Gasteiger charge is 2.27. The van der Waals surface area contributed by atoms with E-state index in [0.29, 0.717) is 18.4 Å². The molecular weight excluding hydrogens is 296 g/mol. The van der Waals surface area contributed by atoms with Gasteiger partial charge in [-0.2, -0.15) is 0 Å². The van der Waals surface area contributed by atoms with Crippen molar-refractivity contribution in [3.05, 3.63) is 39.9 Å². The Morgan fingerprint density at radius 1 is 1.33 bits per heavy atom. The number of benzene rings is 1. The monoisotopic (exact) mass is 316 g/mol. The fourth-order valence-electron chi connectivity index (χ4n) is 1.89. The number of aliphatic hydroxyl groups is 1. The molecule has 0 amide bonds. The Labute approximate surface area is 124 Å². The Kier molecular flexibility index (Phi) is 5.82. The van der Waals surface area contributed by atoms with Gasteiger partial charge in [-0.05, 0) is 25.3 Å². The standard InChI is InChI=1S/C13H20N2O5S/c1-3-13(2,8-9-16)14-21(19,20)10-11-4-6-12(7-5-11)15(17)18/h4-7,14,16H,3,8-10H2,1-2H3. The lowest BCUT2D eigenvalue weighted by Crippen LogP contribution is -2.46. The number of nitrogens with zero attached hydrogens (tertiary/aromatic N) is 1. The second kappa shape index (κ2) is 6.97. The molecule has 0 saturated carbocycles. The molecule has 118 valence electrons. The van der Waals surface area contributed by atoms with E-state index in [9.17, 15) is 18.5 Å². The third-order valence-electron chi connectivity index (χ3n) is 3.35. The van der Waals surface area contributed by atoms with E-state index in [4.69, 9.17) is 5.11 Å². The minimum atomic E-state index is -3.59. The Bertz CT molecular complexity index is 585. The highest BCUT2D eigenvalue weighted by Crippen LogP contribution is 2.18. The highest BCUT2D eigenvalue weighted by atomic mass is 32.2. The number of nitrogens with one attached hydrogen (secondary N) is 1. The second-order valence-electron chi connectivity index (χ2n) is 5.17. The van der Waals surface area contributed by atoms with Crippen LogP contribution in [-0.2, 0) is 15.8 Å². The molecule has 0 heterocycles. The average Bonchev–Trinajstić information content (AvgIpc) is 2.38. The second-order valence-corrected chi connectivity index (χ2v) is 6.89. The van der Waals surface area contributed by atoms with Crippen molar-refractivity contribution >= 4 is 15.7 Å². The maximum atomic E-state index is 12.1.